The van der Waals surface area contributed by atoms with E-state index in [2.05, 4.69) is 5.32 Å². The first kappa shape index (κ1) is 17.7. The fraction of sp³-hybridized carbons (Fsp3) is 0.182. The SMILES string of the molecule is Cc1cc(C)cc(C(=O)N[C@@H](Cc2ccc3ccccc3c2)C(=O)O)c1. The number of rotatable bonds is 5. The van der Waals surface area contributed by atoms with Gasteiger partial charge >= 0.3 is 5.97 Å². The Morgan fingerprint density at radius 2 is 1.58 bits per heavy atom. The maximum atomic E-state index is 12.5. The number of amides is 1. The molecule has 0 heterocycles. The predicted molar refractivity (Wildman–Crippen MR) is 102 cm³/mol. The number of carboxylic acid groups (broad SMARTS) is 1. The highest BCUT2D eigenvalue weighted by atomic mass is 16.4. The lowest BCUT2D eigenvalue weighted by atomic mass is 10.0. The maximum absolute atomic E-state index is 12.5. The number of carboxylic acids is 1. The van der Waals surface area contributed by atoms with Gasteiger partial charge in [-0.25, -0.2) is 4.79 Å². The smallest absolute Gasteiger partial charge is 0.326 e. The molecule has 2 N–H and O–H groups in total. The number of carbonyl (C=O) groups is 2. The molecule has 0 bridgehead atoms. The standard InChI is InChI=1S/C22H21NO3/c1-14-9-15(2)11-19(10-14)21(24)23-20(22(25)26)13-16-7-8-17-5-3-4-6-18(17)12-16/h3-12,20H,13H2,1-2H3,(H,23,24)(H,25,26)/t20-/m0/s1. The van der Waals surface area contributed by atoms with E-state index in [0.29, 0.717) is 5.56 Å². The van der Waals surface area contributed by atoms with Crippen molar-refractivity contribution in [2.24, 2.45) is 0 Å². The summed E-state index contributed by atoms with van der Waals surface area (Å²) in [7, 11) is 0. The van der Waals surface area contributed by atoms with Gasteiger partial charge in [-0.05, 0) is 42.3 Å². The van der Waals surface area contributed by atoms with E-state index in [1.165, 1.54) is 0 Å². The number of fused-ring (bicyclic) bond motifs is 1. The Labute approximate surface area is 152 Å². The maximum Gasteiger partial charge on any atom is 0.326 e. The van der Waals surface area contributed by atoms with E-state index in [1.54, 1.807) is 12.1 Å². The summed E-state index contributed by atoms with van der Waals surface area (Å²) in [5.41, 5.74) is 3.29. The van der Waals surface area contributed by atoms with Crippen molar-refractivity contribution in [2.75, 3.05) is 0 Å². The molecule has 1 atom stereocenters. The fourth-order valence-electron chi connectivity index (χ4n) is 3.15. The zero-order chi connectivity index (χ0) is 18.7. The van der Waals surface area contributed by atoms with Gasteiger partial charge in [0.1, 0.15) is 6.04 Å². The van der Waals surface area contributed by atoms with E-state index < -0.39 is 12.0 Å². The van der Waals surface area contributed by atoms with Gasteiger partial charge in [0, 0.05) is 12.0 Å². The second-order valence-electron chi connectivity index (χ2n) is 6.63. The molecular weight excluding hydrogens is 326 g/mol. The summed E-state index contributed by atoms with van der Waals surface area (Å²) in [4.78, 5) is 24.1. The largest absolute Gasteiger partial charge is 0.480 e. The summed E-state index contributed by atoms with van der Waals surface area (Å²) in [6.07, 6.45) is 0.233. The highest BCUT2D eigenvalue weighted by Gasteiger charge is 2.21. The van der Waals surface area contributed by atoms with Crippen LogP contribution in [0.25, 0.3) is 10.8 Å². The van der Waals surface area contributed by atoms with Crippen LogP contribution in [0.5, 0.6) is 0 Å². The number of aryl methyl sites for hydroxylation is 2. The van der Waals surface area contributed by atoms with Crippen LogP contribution in [0.2, 0.25) is 0 Å². The molecule has 4 heteroatoms. The van der Waals surface area contributed by atoms with Gasteiger partial charge in [-0.15, -0.1) is 0 Å². The molecule has 3 rings (SSSR count). The molecule has 0 unspecified atom stereocenters. The van der Waals surface area contributed by atoms with Crippen LogP contribution in [0.3, 0.4) is 0 Å². The van der Waals surface area contributed by atoms with Crippen LogP contribution in [0, 0.1) is 13.8 Å². The molecule has 0 saturated heterocycles. The van der Waals surface area contributed by atoms with Gasteiger partial charge in [0.25, 0.3) is 5.91 Å². The monoisotopic (exact) mass is 347 g/mol. The van der Waals surface area contributed by atoms with Crippen molar-refractivity contribution in [3.63, 3.8) is 0 Å². The van der Waals surface area contributed by atoms with E-state index in [-0.39, 0.29) is 12.3 Å². The zero-order valence-corrected chi connectivity index (χ0v) is 14.8. The van der Waals surface area contributed by atoms with Crippen molar-refractivity contribution in [3.8, 4) is 0 Å². The van der Waals surface area contributed by atoms with Crippen molar-refractivity contribution in [3.05, 3.63) is 82.9 Å². The Morgan fingerprint density at radius 1 is 0.923 bits per heavy atom. The molecule has 0 aromatic heterocycles. The topological polar surface area (TPSA) is 66.4 Å². The second kappa shape index (κ2) is 7.40. The van der Waals surface area contributed by atoms with Gasteiger partial charge in [0.05, 0.1) is 0 Å². The number of carbonyl (C=O) groups excluding carboxylic acids is 1. The van der Waals surface area contributed by atoms with Crippen LogP contribution in [0.15, 0.2) is 60.7 Å². The Morgan fingerprint density at radius 3 is 2.23 bits per heavy atom. The minimum absolute atomic E-state index is 0.233. The molecule has 1 amide bonds. The van der Waals surface area contributed by atoms with E-state index >= 15 is 0 Å². The molecular formula is C22H21NO3. The molecule has 0 saturated carbocycles. The lowest BCUT2D eigenvalue weighted by molar-refractivity contribution is -0.139. The molecule has 0 aliphatic carbocycles. The molecule has 0 radical (unpaired) electrons. The third kappa shape index (κ3) is 4.09. The highest BCUT2D eigenvalue weighted by Crippen LogP contribution is 2.17. The minimum Gasteiger partial charge on any atom is -0.480 e. The highest BCUT2D eigenvalue weighted by molar-refractivity contribution is 5.97. The number of benzene rings is 3. The van der Waals surface area contributed by atoms with E-state index in [9.17, 15) is 14.7 Å². The lowest BCUT2D eigenvalue weighted by Gasteiger charge is -2.15. The minimum atomic E-state index is -1.05. The van der Waals surface area contributed by atoms with Crippen LogP contribution >= 0.6 is 0 Å². The first-order valence-electron chi connectivity index (χ1n) is 8.52. The summed E-state index contributed by atoms with van der Waals surface area (Å²) in [6, 6.07) is 18.3. The van der Waals surface area contributed by atoms with Crippen molar-refractivity contribution in [2.45, 2.75) is 26.3 Å². The number of hydrogen-bond acceptors (Lipinski definition) is 2. The Hall–Kier alpha value is -3.14. The average Bonchev–Trinajstić information content (AvgIpc) is 2.60. The van der Waals surface area contributed by atoms with Crippen LogP contribution in [-0.4, -0.2) is 23.0 Å². The third-order valence-corrected chi connectivity index (χ3v) is 4.34. The molecule has 0 spiro atoms. The number of hydrogen-bond donors (Lipinski definition) is 2. The summed E-state index contributed by atoms with van der Waals surface area (Å²) in [5.74, 6) is -1.42. The quantitative estimate of drug-likeness (QED) is 0.736. The van der Waals surface area contributed by atoms with Gasteiger partial charge in [-0.1, -0.05) is 59.7 Å². The normalized spacial score (nSPS) is 11.9. The van der Waals surface area contributed by atoms with E-state index in [1.807, 2.05) is 62.4 Å². The first-order valence-corrected chi connectivity index (χ1v) is 8.52. The molecule has 132 valence electrons. The van der Waals surface area contributed by atoms with E-state index in [4.69, 9.17) is 0 Å². The first-order chi connectivity index (χ1) is 12.4. The van der Waals surface area contributed by atoms with Crippen LogP contribution in [0.4, 0.5) is 0 Å². The molecule has 3 aromatic rings. The molecule has 4 nitrogen and oxygen atoms in total. The van der Waals surface area contributed by atoms with Gasteiger partial charge in [0.15, 0.2) is 0 Å². The molecule has 0 aliphatic rings. The second-order valence-corrected chi connectivity index (χ2v) is 6.63. The summed E-state index contributed by atoms with van der Waals surface area (Å²) < 4.78 is 0. The van der Waals surface area contributed by atoms with Crippen molar-refractivity contribution in [1.29, 1.82) is 0 Å². The zero-order valence-electron chi connectivity index (χ0n) is 14.8. The van der Waals surface area contributed by atoms with Crippen LogP contribution in [-0.2, 0) is 11.2 Å². The third-order valence-electron chi connectivity index (χ3n) is 4.34. The van der Waals surface area contributed by atoms with Crippen molar-refractivity contribution >= 4 is 22.6 Å². The Balaban J connectivity index is 1.80. The molecule has 0 aliphatic heterocycles. The van der Waals surface area contributed by atoms with Crippen LogP contribution < -0.4 is 5.32 Å². The van der Waals surface area contributed by atoms with Gasteiger partial charge in [-0.2, -0.15) is 0 Å². The number of nitrogens with one attached hydrogen (secondary N) is 1. The van der Waals surface area contributed by atoms with E-state index in [0.717, 1.165) is 27.5 Å². The predicted octanol–water partition coefficient (Wildman–Crippen LogP) is 3.88. The van der Waals surface area contributed by atoms with Gasteiger partial charge < -0.3 is 10.4 Å². The number of aliphatic carboxylic acids is 1. The summed E-state index contributed by atoms with van der Waals surface area (Å²) in [6.45, 7) is 3.82. The Bertz CT molecular complexity index is 958. The Kier molecular flexibility index (Phi) is 5.03. The average molecular weight is 347 g/mol. The van der Waals surface area contributed by atoms with Crippen molar-refractivity contribution < 1.29 is 14.7 Å². The molecule has 0 fully saturated rings. The van der Waals surface area contributed by atoms with Crippen LogP contribution in [0.1, 0.15) is 27.0 Å². The fourth-order valence-corrected chi connectivity index (χ4v) is 3.15. The molecule has 26 heavy (non-hydrogen) atoms. The van der Waals surface area contributed by atoms with Crippen molar-refractivity contribution in [1.82, 2.24) is 5.32 Å². The summed E-state index contributed by atoms with van der Waals surface area (Å²) in [5, 5.41) is 14.3. The molecule has 3 aromatic carbocycles. The lowest BCUT2D eigenvalue weighted by Crippen LogP contribution is -2.42. The van der Waals surface area contributed by atoms with Gasteiger partial charge in [0.2, 0.25) is 0 Å². The van der Waals surface area contributed by atoms with Gasteiger partial charge in [-0.3, -0.25) is 4.79 Å². The summed E-state index contributed by atoms with van der Waals surface area (Å²) >= 11 is 0.